The summed E-state index contributed by atoms with van der Waals surface area (Å²) in [4.78, 5) is 1.52. The average Bonchev–Trinajstić information content (AvgIpc) is 3.46. The van der Waals surface area contributed by atoms with Crippen LogP contribution in [0.25, 0.3) is 81.9 Å². The Bertz CT molecular complexity index is 2370. The molecular formula is C42H28S. The lowest BCUT2D eigenvalue weighted by Gasteiger charge is -2.13. The van der Waals surface area contributed by atoms with Crippen LogP contribution in [0.15, 0.2) is 140 Å². The van der Waals surface area contributed by atoms with Crippen LogP contribution in [0.5, 0.6) is 0 Å². The fourth-order valence-corrected chi connectivity index (χ4v) is 8.16. The van der Waals surface area contributed by atoms with Gasteiger partial charge in [0.05, 0.1) is 0 Å². The summed E-state index contributed by atoms with van der Waals surface area (Å²) >= 11 is 1.95. The van der Waals surface area contributed by atoms with Crippen LogP contribution in [0.1, 0.15) is 16.9 Å². The molecule has 1 heteroatoms. The zero-order valence-electron chi connectivity index (χ0n) is 23.7. The molecule has 0 atom stereocenters. The zero-order valence-corrected chi connectivity index (χ0v) is 24.5. The Balaban J connectivity index is 1.13. The molecule has 0 bridgehead atoms. The van der Waals surface area contributed by atoms with E-state index < -0.39 is 0 Å². The summed E-state index contributed by atoms with van der Waals surface area (Å²) in [6.45, 7) is 0. The first-order valence-electron chi connectivity index (χ1n) is 15.1. The number of fused-ring (bicyclic) bond motifs is 9. The molecule has 1 aliphatic carbocycles. The highest BCUT2D eigenvalue weighted by atomic mass is 32.1. The summed E-state index contributed by atoms with van der Waals surface area (Å²) in [5, 5.41) is 9.24. The van der Waals surface area contributed by atoms with E-state index in [0.717, 1.165) is 12.8 Å². The molecule has 1 aromatic heterocycles. The van der Waals surface area contributed by atoms with Crippen molar-refractivity contribution in [1.82, 2.24) is 0 Å². The third kappa shape index (κ3) is 4.04. The third-order valence-corrected chi connectivity index (χ3v) is 10.3. The maximum absolute atomic E-state index is 2.39. The van der Waals surface area contributed by atoms with Crippen molar-refractivity contribution in [2.45, 2.75) is 12.8 Å². The van der Waals surface area contributed by atoms with Crippen LogP contribution in [0, 0.1) is 0 Å². The van der Waals surface area contributed by atoms with E-state index in [1.165, 1.54) is 86.2 Å². The molecule has 0 unspecified atom stereocenters. The fraction of sp³-hybridized carbons (Fsp3) is 0.0476. The van der Waals surface area contributed by atoms with E-state index >= 15 is 0 Å². The Morgan fingerprint density at radius 2 is 0.884 bits per heavy atom. The summed E-state index contributed by atoms with van der Waals surface area (Å²) in [7, 11) is 0. The number of rotatable bonds is 3. The van der Waals surface area contributed by atoms with Gasteiger partial charge in [0.2, 0.25) is 0 Å². The molecule has 0 amide bonds. The first-order chi connectivity index (χ1) is 21.3. The molecule has 1 heterocycles. The molecule has 7 aromatic carbocycles. The molecule has 9 rings (SSSR count). The lowest BCUT2D eigenvalue weighted by Crippen LogP contribution is -1.87. The summed E-state index contributed by atoms with van der Waals surface area (Å²) in [6, 6.07) is 49.5. The number of aryl methyl sites for hydroxylation is 1. The molecule has 0 spiro atoms. The quantitative estimate of drug-likeness (QED) is 0.187. The molecule has 1 aliphatic rings. The molecule has 43 heavy (non-hydrogen) atoms. The van der Waals surface area contributed by atoms with Crippen LogP contribution in [0.2, 0.25) is 0 Å². The van der Waals surface area contributed by atoms with Gasteiger partial charge in [-0.3, -0.25) is 0 Å². The lowest BCUT2D eigenvalue weighted by atomic mass is 9.91. The number of thiophene rings is 1. The van der Waals surface area contributed by atoms with Crippen LogP contribution in [-0.2, 0) is 6.42 Å². The fourth-order valence-electron chi connectivity index (χ4n) is 6.97. The van der Waals surface area contributed by atoms with Crippen molar-refractivity contribution >= 4 is 59.8 Å². The van der Waals surface area contributed by atoms with Gasteiger partial charge in [0.15, 0.2) is 0 Å². The van der Waals surface area contributed by atoms with E-state index in [2.05, 4.69) is 146 Å². The number of benzene rings is 7. The minimum absolute atomic E-state index is 1.15. The van der Waals surface area contributed by atoms with Crippen molar-refractivity contribution in [2.24, 2.45) is 0 Å². The predicted molar refractivity (Wildman–Crippen MR) is 188 cm³/mol. The minimum atomic E-state index is 1.15. The Kier molecular flexibility index (Phi) is 5.61. The summed E-state index contributed by atoms with van der Waals surface area (Å²) < 4.78 is 1.39. The second kappa shape index (κ2) is 9.80. The maximum Gasteiger partial charge on any atom is 0.0352 e. The number of allylic oxidation sites excluding steroid dienone is 1. The van der Waals surface area contributed by atoms with E-state index in [9.17, 15) is 0 Å². The highest BCUT2D eigenvalue weighted by Crippen LogP contribution is 2.40. The normalized spacial score (nSPS) is 12.8. The van der Waals surface area contributed by atoms with Gasteiger partial charge in [-0.15, -0.1) is 11.3 Å². The molecule has 0 fully saturated rings. The Morgan fingerprint density at radius 3 is 1.49 bits per heavy atom. The monoisotopic (exact) mass is 564 g/mol. The summed E-state index contributed by atoms with van der Waals surface area (Å²) in [5.41, 5.74) is 8.91. The standard InChI is InChI=1S/C42H28S/c1-2-15-35-33(13-1)34-14-3-4-16-36(34)39-25-31(19-21-37(35)39)29-11-7-9-27(23-29)28-10-8-12-30(24-28)32-20-22-42-40(26-32)38-17-5-6-18-41(38)43-42/h1-5,7-17,19-26H,6,18H2. The van der Waals surface area contributed by atoms with Crippen molar-refractivity contribution in [1.29, 1.82) is 0 Å². The Hall–Kier alpha value is -4.98. The highest BCUT2D eigenvalue weighted by molar-refractivity contribution is 7.19. The SMILES string of the molecule is C1=Cc2c(sc3ccc(-c4cccc(-c5cccc(-c6ccc7c8ccccc8c8ccccc8c7c6)c5)c4)cc23)CC1. The van der Waals surface area contributed by atoms with Gasteiger partial charge in [-0.25, -0.2) is 0 Å². The number of hydrogen-bond acceptors (Lipinski definition) is 1. The van der Waals surface area contributed by atoms with E-state index in [-0.39, 0.29) is 0 Å². The van der Waals surface area contributed by atoms with Gasteiger partial charge in [0, 0.05) is 15.0 Å². The van der Waals surface area contributed by atoms with E-state index in [4.69, 9.17) is 0 Å². The predicted octanol–water partition coefficient (Wildman–Crippen LogP) is 12.3. The maximum atomic E-state index is 2.39. The molecule has 0 N–H and O–H groups in total. The second-order valence-electron chi connectivity index (χ2n) is 11.6. The molecule has 0 saturated carbocycles. The van der Waals surface area contributed by atoms with Gasteiger partial charge in [-0.2, -0.15) is 0 Å². The van der Waals surface area contributed by atoms with Gasteiger partial charge >= 0.3 is 0 Å². The third-order valence-electron chi connectivity index (χ3n) is 9.10. The van der Waals surface area contributed by atoms with E-state index in [1.54, 1.807) is 0 Å². The first kappa shape index (κ1) is 24.6. The second-order valence-corrected chi connectivity index (χ2v) is 12.7. The molecular weight excluding hydrogens is 537 g/mol. The van der Waals surface area contributed by atoms with E-state index in [1.807, 2.05) is 11.3 Å². The first-order valence-corrected chi connectivity index (χ1v) is 15.9. The van der Waals surface area contributed by atoms with Crippen LogP contribution in [0.3, 0.4) is 0 Å². The Morgan fingerprint density at radius 1 is 0.395 bits per heavy atom. The zero-order chi connectivity index (χ0) is 28.3. The average molecular weight is 565 g/mol. The van der Waals surface area contributed by atoms with Crippen molar-refractivity contribution in [3.63, 3.8) is 0 Å². The van der Waals surface area contributed by atoms with Crippen LogP contribution >= 0.6 is 11.3 Å². The highest BCUT2D eigenvalue weighted by Gasteiger charge is 2.14. The van der Waals surface area contributed by atoms with Crippen molar-refractivity contribution < 1.29 is 0 Å². The summed E-state index contributed by atoms with van der Waals surface area (Å²) in [5.74, 6) is 0. The number of hydrogen-bond donors (Lipinski definition) is 0. The molecule has 0 saturated heterocycles. The van der Waals surface area contributed by atoms with Gasteiger partial charge < -0.3 is 0 Å². The van der Waals surface area contributed by atoms with Crippen molar-refractivity contribution in [2.75, 3.05) is 0 Å². The van der Waals surface area contributed by atoms with E-state index in [0.29, 0.717) is 0 Å². The topological polar surface area (TPSA) is 0 Å². The molecule has 0 nitrogen and oxygen atoms in total. The lowest BCUT2D eigenvalue weighted by molar-refractivity contribution is 1.02. The van der Waals surface area contributed by atoms with Crippen LogP contribution < -0.4 is 0 Å². The van der Waals surface area contributed by atoms with Crippen LogP contribution in [-0.4, -0.2) is 0 Å². The van der Waals surface area contributed by atoms with Gasteiger partial charge in [-0.1, -0.05) is 115 Å². The largest absolute Gasteiger partial charge is 0.140 e. The molecule has 0 radical (unpaired) electrons. The van der Waals surface area contributed by atoms with Crippen molar-refractivity contribution in [3.8, 4) is 33.4 Å². The van der Waals surface area contributed by atoms with Gasteiger partial charge in [0.1, 0.15) is 0 Å². The van der Waals surface area contributed by atoms with Crippen LogP contribution in [0.4, 0.5) is 0 Å². The van der Waals surface area contributed by atoms with Crippen molar-refractivity contribution in [3.05, 3.63) is 150 Å². The summed E-state index contributed by atoms with van der Waals surface area (Å²) in [6.07, 6.45) is 6.95. The van der Waals surface area contributed by atoms with Gasteiger partial charge in [-0.05, 0) is 114 Å². The molecule has 8 aromatic rings. The molecule has 0 aliphatic heterocycles. The minimum Gasteiger partial charge on any atom is -0.140 e. The smallest absolute Gasteiger partial charge is 0.0352 e. The Labute approximate surface area is 255 Å². The van der Waals surface area contributed by atoms with Gasteiger partial charge in [0.25, 0.3) is 0 Å². The molecule has 202 valence electrons.